The molecule has 0 saturated carbocycles. The van der Waals surface area contributed by atoms with Crippen molar-refractivity contribution < 1.29 is 14.3 Å². The van der Waals surface area contributed by atoms with Crippen LogP contribution in [0, 0.1) is 0 Å². The summed E-state index contributed by atoms with van der Waals surface area (Å²) in [6.45, 7) is 8.12. The molecule has 0 unspecified atom stereocenters. The molecule has 1 aliphatic heterocycles. The summed E-state index contributed by atoms with van der Waals surface area (Å²) in [6, 6.07) is 6.05. The van der Waals surface area contributed by atoms with Gasteiger partial charge in [-0.1, -0.05) is 12.1 Å². The highest BCUT2D eigenvalue weighted by molar-refractivity contribution is 5.98. The number of hydrogen-bond donors (Lipinski definition) is 1. The van der Waals surface area contributed by atoms with E-state index in [4.69, 9.17) is 4.74 Å². The molecule has 5 heteroatoms. The highest BCUT2D eigenvalue weighted by Gasteiger charge is 2.28. The largest absolute Gasteiger partial charge is 0.379 e. The van der Waals surface area contributed by atoms with E-state index in [0.717, 1.165) is 44.7 Å². The van der Waals surface area contributed by atoms with Crippen LogP contribution in [-0.4, -0.2) is 55.0 Å². The van der Waals surface area contributed by atoms with Crippen LogP contribution in [0.2, 0.25) is 0 Å². The van der Waals surface area contributed by atoms with Gasteiger partial charge in [0.15, 0.2) is 5.78 Å². The standard InChI is InChI=1S/C22H32N2O3/c1-22(2,24-11-13-27-14-12-24)16-23-21(26)10-9-20(25)19-8-7-17-5-3-4-6-18(17)15-19/h7-8,15H,3-6,9-14,16H2,1-2H3,(H,23,26). The molecule has 0 spiro atoms. The number of aryl methyl sites for hydroxylation is 2. The van der Waals surface area contributed by atoms with E-state index in [9.17, 15) is 9.59 Å². The number of rotatable bonds is 7. The van der Waals surface area contributed by atoms with Gasteiger partial charge in [0.1, 0.15) is 0 Å². The fourth-order valence-corrected chi connectivity index (χ4v) is 3.96. The van der Waals surface area contributed by atoms with Crippen LogP contribution in [0.15, 0.2) is 18.2 Å². The van der Waals surface area contributed by atoms with Crippen LogP contribution < -0.4 is 5.32 Å². The van der Waals surface area contributed by atoms with Gasteiger partial charge >= 0.3 is 0 Å². The van der Waals surface area contributed by atoms with Crippen LogP contribution >= 0.6 is 0 Å². The number of amides is 1. The smallest absolute Gasteiger partial charge is 0.220 e. The molecule has 27 heavy (non-hydrogen) atoms. The Balaban J connectivity index is 1.45. The van der Waals surface area contributed by atoms with Crippen LogP contribution in [0.4, 0.5) is 0 Å². The second-order valence-corrected chi connectivity index (χ2v) is 8.30. The minimum atomic E-state index is -0.109. The Bertz CT molecular complexity index is 678. The first-order chi connectivity index (χ1) is 13.0. The van der Waals surface area contributed by atoms with E-state index >= 15 is 0 Å². The van der Waals surface area contributed by atoms with E-state index in [-0.39, 0.29) is 30.1 Å². The normalized spacial score (nSPS) is 18.0. The summed E-state index contributed by atoms with van der Waals surface area (Å²) in [5, 5.41) is 3.00. The van der Waals surface area contributed by atoms with Crippen molar-refractivity contribution in [3.8, 4) is 0 Å². The Kier molecular flexibility index (Phi) is 6.66. The van der Waals surface area contributed by atoms with Crippen LogP contribution in [0.25, 0.3) is 0 Å². The Morgan fingerprint density at radius 1 is 1.07 bits per heavy atom. The quantitative estimate of drug-likeness (QED) is 0.748. The lowest BCUT2D eigenvalue weighted by Gasteiger charge is -2.40. The number of morpholine rings is 1. The maximum absolute atomic E-state index is 12.5. The summed E-state index contributed by atoms with van der Waals surface area (Å²) in [6.07, 6.45) is 5.13. The number of fused-ring (bicyclic) bond motifs is 1. The van der Waals surface area contributed by atoms with Gasteiger partial charge in [-0.3, -0.25) is 14.5 Å². The topological polar surface area (TPSA) is 58.6 Å². The fraction of sp³-hybridized carbons (Fsp3) is 0.636. The number of ketones is 1. The first-order valence-electron chi connectivity index (χ1n) is 10.2. The van der Waals surface area contributed by atoms with Crippen molar-refractivity contribution in [1.29, 1.82) is 0 Å². The van der Waals surface area contributed by atoms with Gasteiger partial charge < -0.3 is 10.1 Å². The average molecular weight is 373 g/mol. The molecule has 0 atom stereocenters. The van der Waals surface area contributed by atoms with E-state index in [1.165, 1.54) is 24.0 Å². The Labute approximate surface area is 162 Å². The molecule has 0 radical (unpaired) electrons. The van der Waals surface area contributed by atoms with Gasteiger partial charge in [-0.15, -0.1) is 0 Å². The first kappa shape index (κ1) is 20.0. The van der Waals surface area contributed by atoms with E-state index in [1.54, 1.807) is 0 Å². The lowest BCUT2D eigenvalue weighted by molar-refractivity contribution is -0.121. The molecule has 0 aromatic heterocycles. The average Bonchev–Trinajstić information content (AvgIpc) is 2.70. The van der Waals surface area contributed by atoms with Gasteiger partial charge in [-0.2, -0.15) is 0 Å². The summed E-state index contributed by atoms with van der Waals surface area (Å²) in [7, 11) is 0. The fourth-order valence-electron chi connectivity index (χ4n) is 3.96. The van der Waals surface area contributed by atoms with Crippen molar-refractivity contribution in [3.63, 3.8) is 0 Å². The van der Waals surface area contributed by atoms with Crippen molar-refractivity contribution in [1.82, 2.24) is 10.2 Å². The SMILES string of the molecule is CC(C)(CNC(=O)CCC(=O)c1ccc2c(c1)CCCC2)N1CCOCC1. The summed E-state index contributed by atoms with van der Waals surface area (Å²) < 4.78 is 5.40. The van der Waals surface area contributed by atoms with Gasteiger partial charge in [-0.25, -0.2) is 0 Å². The molecule has 5 nitrogen and oxygen atoms in total. The zero-order valence-corrected chi connectivity index (χ0v) is 16.7. The maximum atomic E-state index is 12.5. The van der Waals surface area contributed by atoms with Crippen LogP contribution in [0.5, 0.6) is 0 Å². The third-order valence-corrected chi connectivity index (χ3v) is 5.83. The molecule has 1 aromatic carbocycles. The van der Waals surface area contributed by atoms with E-state index < -0.39 is 0 Å². The summed E-state index contributed by atoms with van der Waals surface area (Å²) in [4.78, 5) is 27.1. The van der Waals surface area contributed by atoms with Gasteiger partial charge in [0.05, 0.1) is 13.2 Å². The second-order valence-electron chi connectivity index (χ2n) is 8.30. The number of Topliss-reactive ketones (excluding diaryl/α,β-unsaturated/α-hetero) is 1. The van der Waals surface area contributed by atoms with Crippen molar-refractivity contribution in [2.24, 2.45) is 0 Å². The lowest BCUT2D eigenvalue weighted by Crippen LogP contribution is -2.55. The molecule has 3 rings (SSSR count). The number of benzene rings is 1. The van der Waals surface area contributed by atoms with Crippen LogP contribution in [-0.2, 0) is 22.4 Å². The van der Waals surface area contributed by atoms with Gasteiger partial charge in [0, 0.05) is 43.6 Å². The number of carbonyl (C=O) groups is 2. The minimum absolute atomic E-state index is 0.0531. The first-order valence-corrected chi connectivity index (χ1v) is 10.2. The van der Waals surface area contributed by atoms with E-state index in [1.807, 2.05) is 12.1 Å². The van der Waals surface area contributed by atoms with Gasteiger partial charge in [0.25, 0.3) is 0 Å². The monoisotopic (exact) mass is 372 g/mol. The molecule has 1 heterocycles. The zero-order chi connectivity index (χ0) is 19.3. The maximum Gasteiger partial charge on any atom is 0.220 e. The molecular weight excluding hydrogens is 340 g/mol. The number of carbonyl (C=O) groups excluding carboxylic acids is 2. The highest BCUT2D eigenvalue weighted by atomic mass is 16.5. The van der Waals surface area contributed by atoms with Crippen LogP contribution in [0.3, 0.4) is 0 Å². The molecule has 1 saturated heterocycles. The zero-order valence-electron chi connectivity index (χ0n) is 16.7. The van der Waals surface area contributed by atoms with Crippen molar-refractivity contribution in [3.05, 3.63) is 34.9 Å². The van der Waals surface area contributed by atoms with E-state index in [2.05, 4.69) is 30.1 Å². The molecule has 2 aliphatic rings. The molecule has 148 valence electrons. The highest BCUT2D eigenvalue weighted by Crippen LogP contribution is 2.23. The third kappa shape index (κ3) is 5.39. The second kappa shape index (κ2) is 8.98. The summed E-state index contributed by atoms with van der Waals surface area (Å²) in [5.41, 5.74) is 3.32. The van der Waals surface area contributed by atoms with Crippen molar-refractivity contribution >= 4 is 11.7 Å². The molecule has 0 bridgehead atoms. The molecule has 1 fully saturated rings. The molecule has 1 amide bonds. The summed E-state index contributed by atoms with van der Waals surface area (Å²) in [5.74, 6) is 0.00797. The molecule has 1 aliphatic carbocycles. The van der Waals surface area contributed by atoms with Gasteiger partial charge in [-0.05, 0) is 56.7 Å². The number of nitrogens with one attached hydrogen (secondary N) is 1. The predicted molar refractivity (Wildman–Crippen MR) is 106 cm³/mol. The molecule has 1 N–H and O–H groups in total. The number of ether oxygens (including phenoxy) is 1. The Morgan fingerprint density at radius 3 is 2.52 bits per heavy atom. The Hall–Kier alpha value is -1.72. The van der Waals surface area contributed by atoms with Crippen molar-refractivity contribution in [2.75, 3.05) is 32.8 Å². The lowest BCUT2D eigenvalue weighted by atomic mass is 9.89. The van der Waals surface area contributed by atoms with E-state index in [0.29, 0.717) is 6.54 Å². The third-order valence-electron chi connectivity index (χ3n) is 5.83. The number of hydrogen-bond acceptors (Lipinski definition) is 4. The van der Waals surface area contributed by atoms with Crippen molar-refractivity contribution in [2.45, 2.75) is 57.9 Å². The molecule has 1 aromatic rings. The summed E-state index contributed by atoms with van der Waals surface area (Å²) >= 11 is 0. The number of nitrogens with zero attached hydrogens (tertiary/aromatic N) is 1. The van der Waals surface area contributed by atoms with Gasteiger partial charge in [0.2, 0.25) is 5.91 Å². The Morgan fingerprint density at radius 2 is 1.78 bits per heavy atom. The minimum Gasteiger partial charge on any atom is -0.379 e. The van der Waals surface area contributed by atoms with Crippen LogP contribution in [0.1, 0.15) is 61.0 Å². The predicted octanol–water partition coefficient (Wildman–Crippen LogP) is 2.76. The molecular formula is C22H32N2O3.